The zero-order valence-electron chi connectivity index (χ0n) is 12.4. The first-order chi connectivity index (χ1) is 9.66. The van der Waals surface area contributed by atoms with Crippen LogP contribution in [0.15, 0.2) is 18.6 Å². The first kappa shape index (κ1) is 14.9. The van der Waals surface area contributed by atoms with Gasteiger partial charge in [-0.25, -0.2) is 4.98 Å². The first-order valence-corrected chi connectivity index (χ1v) is 7.45. The number of amides is 1. The van der Waals surface area contributed by atoms with Crippen molar-refractivity contribution >= 4 is 5.91 Å². The highest BCUT2D eigenvalue weighted by molar-refractivity contribution is 5.91. The van der Waals surface area contributed by atoms with E-state index < -0.39 is 0 Å². The standard InChI is InChI=1S/C15H24N4O/c1-12(2)9-13(19-7-3-4-8-19)10-18-15(20)14-11-16-5-6-17-14/h5-6,11-13H,3-4,7-10H2,1-2H3,(H,18,20)/t13-/m0/s1. The largest absolute Gasteiger partial charge is 0.349 e. The summed E-state index contributed by atoms with van der Waals surface area (Å²) in [4.78, 5) is 22.5. The molecular formula is C15H24N4O. The lowest BCUT2D eigenvalue weighted by atomic mass is 10.0. The molecule has 0 bridgehead atoms. The third kappa shape index (κ3) is 4.27. The monoisotopic (exact) mass is 276 g/mol. The van der Waals surface area contributed by atoms with Gasteiger partial charge in [-0.1, -0.05) is 13.8 Å². The SMILES string of the molecule is CC(C)C[C@@H](CNC(=O)c1cnccn1)N1CCCC1. The van der Waals surface area contributed by atoms with Crippen molar-refractivity contribution in [3.05, 3.63) is 24.3 Å². The van der Waals surface area contributed by atoms with Crippen molar-refractivity contribution in [1.82, 2.24) is 20.2 Å². The lowest BCUT2D eigenvalue weighted by Gasteiger charge is -2.29. The average Bonchev–Trinajstić information content (AvgIpc) is 2.97. The van der Waals surface area contributed by atoms with Crippen LogP contribution in [0, 0.1) is 5.92 Å². The lowest BCUT2D eigenvalue weighted by molar-refractivity contribution is 0.0927. The Morgan fingerprint density at radius 3 is 2.70 bits per heavy atom. The molecule has 1 amide bonds. The number of likely N-dealkylation sites (tertiary alicyclic amines) is 1. The predicted octanol–water partition coefficient (Wildman–Crippen LogP) is 1.72. The number of aromatic nitrogens is 2. The molecule has 1 fully saturated rings. The van der Waals surface area contributed by atoms with E-state index in [2.05, 4.69) is 34.0 Å². The molecule has 0 spiro atoms. The zero-order valence-corrected chi connectivity index (χ0v) is 12.4. The van der Waals surface area contributed by atoms with Crippen LogP contribution < -0.4 is 5.32 Å². The number of hydrogen-bond acceptors (Lipinski definition) is 4. The number of carbonyl (C=O) groups is 1. The predicted molar refractivity (Wildman–Crippen MR) is 78.4 cm³/mol. The number of nitrogens with one attached hydrogen (secondary N) is 1. The third-order valence-corrected chi connectivity index (χ3v) is 3.69. The van der Waals surface area contributed by atoms with Crippen LogP contribution in [0.25, 0.3) is 0 Å². The quantitative estimate of drug-likeness (QED) is 0.859. The maximum Gasteiger partial charge on any atom is 0.271 e. The van der Waals surface area contributed by atoms with Crippen molar-refractivity contribution in [2.24, 2.45) is 5.92 Å². The maximum atomic E-state index is 12.0. The smallest absolute Gasteiger partial charge is 0.271 e. The molecule has 110 valence electrons. The van der Waals surface area contributed by atoms with Crippen molar-refractivity contribution in [3.8, 4) is 0 Å². The summed E-state index contributed by atoms with van der Waals surface area (Å²) in [5.74, 6) is 0.500. The van der Waals surface area contributed by atoms with Crippen LogP contribution in [-0.4, -0.2) is 46.5 Å². The van der Waals surface area contributed by atoms with Crippen molar-refractivity contribution in [2.45, 2.75) is 39.2 Å². The summed E-state index contributed by atoms with van der Waals surface area (Å²) in [7, 11) is 0. The van der Waals surface area contributed by atoms with Crippen molar-refractivity contribution in [2.75, 3.05) is 19.6 Å². The van der Waals surface area contributed by atoms with E-state index in [-0.39, 0.29) is 5.91 Å². The van der Waals surface area contributed by atoms with Crippen molar-refractivity contribution < 1.29 is 4.79 Å². The van der Waals surface area contributed by atoms with Crippen LogP contribution in [0.1, 0.15) is 43.6 Å². The van der Waals surface area contributed by atoms with E-state index in [9.17, 15) is 4.79 Å². The number of rotatable bonds is 6. The molecule has 2 rings (SSSR count). The van der Waals surface area contributed by atoms with Gasteiger partial charge in [0.25, 0.3) is 5.91 Å². The molecular weight excluding hydrogens is 252 g/mol. The summed E-state index contributed by atoms with van der Waals surface area (Å²) in [5.41, 5.74) is 0.386. The molecule has 5 heteroatoms. The molecule has 2 heterocycles. The highest BCUT2D eigenvalue weighted by Crippen LogP contribution is 2.17. The van der Waals surface area contributed by atoms with E-state index in [1.54, 1.807) is 12.4 Å². The molecule has 1 atom stereocenters. The molecule has 1 aromatic rings. The molecule has 1 saturated heterocycles. The van der Waals surface area contributed by atoms with Gasteiger partial charge < -0.3 is 5.32 Å². The van der Waals surface area contributed by atoms with E-state index in [1.165, 1.54) is 19.0 Å². The molecule has 0 radical (unpaired) electrons. The Kier molecular flexibility index (Phi) is 5.47. The molecule has 0 aliphatic carbocycles. The Labute approximate surface area is 120 Å². The highest BCUT2D eigenvalue weighted by atomic mass is 16.1. The number of hydrogen-bond donors (Lipinski definition) is 1. The molecule has 0 aromatic carbocycles. The van der Waals surface area contributed by atoms with Crippen LogP contribution in [0.3, 0.4) is 0 Å². The molecule has 1 aliphatic heterocycles. The Morgan fingerprint density at radius 2 is 2.10 bits per heavy atom. The van der Waals surface area contributed by atoms with Crippen LogP contribution in [0.2, 0.25) is 0 Å². The second-order valence-corrected chi connectivity index (χ2v) is 5.83. The third-order valence-electron chi connectivity index (χ3n) is 3.69. The van der Waals surface area contributed by atoms with Crippen LogP contribution in [-0.2, 0) is 0 Å². The number of carbonyl (C=O) groups excluding carboxylic acids is 1. The van der Waals surface area contributed by atoms with E-state index in [4.69, 9.17) is 0 Å². The molecule has 5 nitrogen and oxygen atoms in total. The van der Waals surface area contributed by atoms with E-state index in [0.717, 1.165) is 19.5 Å². The van der Waals surface area contributed by atoms with Crippen molar-refractivity contribution in [1.29, 1.82) is 0 Å². The molecule has 0 saturated carbocycles. The molecule has 1 aliphatic rings. The van der Waals surface area contributed by atoms with Crippen molar-refractivity contribution in [3.63, 3.8) is 0 Å². The van der Waals surface area contributed by atoms with Gasteiger partial charge in [0.15, 0.2) is 0 Å². The summed E-state index contributed by atoms with van der Waals surface area (Å²) in [6.45, 7) is 7.45. The minimum atomic E-state index is -0.133. The van der Waals surface area contributed by atoms with Gasteiger partial charge in [-0.05, 0) is 38.3 Å². The maximum absolute atomic E-state index is 12.0. The molecule has 20 heavy (non-hydrogen) atoms. The van der Waals surface area contributed by atoms with Crippen LogP contribution in [0.4, 0.5) is 0 Å². The fourth-order valence-electron chi connectivity index (χ4n) is 2.73. The van der Waals surface area contributed by atoms with Gasteiger partial charge in [0.05, 0.1) is 6.20 Å². The summed E-state index contributed by atoms with van der Waals surface area (Å²) >= 11 is 0. The topological polar surface area (TPSA) is 58.1 Å². The van der Waals surface area contributed by atoms with E-state index in [1.807, 2.05) is 0 Å². The fourth-order valence-corrected chi connectivity index (χ4v) is 2.73. The van der Waals surface area contributed by atoms with Gasteiger partial charge in [0.1, 0.15) is 5.69 Å². The van der Waals surface area contributed by atoms with Gasteiger partial charge >= 0.3 is 0 Å². The lowest BCUT2D eigenvalue weighted by Crippen LogP contribution is -2.43. The normalized spacial score (nSPS) is 17.4. The summed E-state index contributed by atoms with van der Waals surface area (Å²) < 4.78 is 0. The van der Waals surface area contributed by atoms with Gasteiger partial charge in [0.2, 0.25) is 0 Å². The van der Waals surface area contributed by atoms with Gasteiger partial charge in [0, 0.05) is 25.0 Å². The fraction of sp³-hybridized carbons (Fsp3) is 0.667. The second-order valence-electron chi connectivity index (χ2n) is 5.83. The first-order valence-electron chi connectivity index (χ1n) is 7.45. The minimum absolute atomic E-state index is 0.133. The Morgan fingerprint density at radius 1 is 1.35 bits per heavy atom. The van der Waals surface area contributed by atoms with E-state index >= 15 is 0 Å². The summed E-state index contributed by atoms with van der Waals surface area (Å²) in [5, 5.41) is 3.00. The minimum Gasteiger partial charge on any atom is -0.349 e. The Bertz CT molecular complexity index is 415. The second kappa shape index (κ2) is 7.33. The van der Waals surface area contributed by atoms with Crippen LogP contribution >= 0.6 is 0 Å². The molecule has 1 N–H and O–H groups in total. The summed E-state index contributed by atoms with van der Waals surface area (Å²) in [6.07, 6.45) is 8.27. The van der Waals surface area contributed by atoms with Gasteiger partial charge in [-0.15, -0.1) is 0 Å². The molecule has 1 aromatic heterocycles. The zero-order chi connectivity index (χ0) is 14.4. The number of nitrogens with zero attached hydrogens (tertiary/aromatic N) is 3. The average molecular weight is 276 g/mol. The molecule has 0 unspecified atom stereocenters. The van der Waals surface area contributed by atoms with E-state index in [0.29, 0.717) is 24.2 Å². The van der Waals surface area contributed by atoms with Gasteiger partial charge in [-0.3, -0.25) is 14.7 Å². The Hall–Kier alpha value is -1.49. The highest BCUT2D eigenvalue weighted by Gasteiger charge is 2.23. The Balaban J connectivity index is 1.89. The summed E-state index contributed by atoms with van der Waals surface area (Å²) in [6, 6.07) is 0.429. The van der Waals surface area contributed by atoms with Gasteiger partial charge in [-0.2, -0.15) is 0 Å². The van der Waals surface area contributed by atoms with Crippen LogP contribution in [0.5, 0.6) is 0 Å².